The van der Waals surface area contributed by atoms with Crippen molar-refractivity contribution in [1.82, 2.24) is 5.32 Å². The van der Waals surface area contributed by atoms with Gasteiger partial charge in [0.05, 0.1) is 17.1 Å². The monoisotopic (exact) mass is 417 g/mol. The Bertz CT molecular complexity index is 1000. The Morgan fingerprint density at radius 2 is 1.85 bits per heavy atom. The van der Waals surface area contributed by atoms with Crippen LogP contribution in [0.3, 0.4) is 0 Å². The smallest absolute Gasteiger partial charge is 0.264 e. The van der Waals surface area contributed by atoms with Gasteiger partial charge in [-0.1, -0.05) is 30.3 Å². The average molecular weight is 418 g/mol. The normalized spacial score (nSPS) is 11.0. The molecule has 1 aromatic heterocycles. The van der Waals surface area contributed by atoms with Crippen LogP contribution in [-0.2, 0) is 16.6 Å². The molecule has 0 atom stereocenters. The number of thiophene rings is 1. The van der Waals surface area contributed by atoms with Gasteiger partial charge in [-0.15, -0.1) is 11.3 Å². The molecule has 2 N–H and O–H groups in total. The predicted octanol–water partition coefficient (Wildman–Crippen LogP) is 4.06. The topological polar surface area (TPSA) is 61.4 Å². The third-order valence-corrected chi connectivity index (χ3v) is 6.78. The minimum Gasteiger partial charge on any atom is -0.358 e. The highest BCUT2D eigenvalue weighted by atomic mass is 32.2. The van der Waals surface area contributed by atoms with E-state index in [0.717, 1.165) is 0 Å². The van der Waals surface area contributed by atoms with Crippen molar-refractivity contribution >= 4 is 50.1 Å². The van der Waals surface area contributed by atoms with Gasteiger partial charge in [0, 0.05) is 17.6 Å². The average Bonchev–Trinajstić information content (AvgIpc) is 3.20. The number of rotatable bonds is 6. The van der Waals surface area contributed by atoms with Crippen molar-refractivity contribution in [1.29, 1.82) is 0 Å². The van der Waals surface area contributed by atoms with Crippen LogP contribution in [0.15, 0.2) is 77.0 Å². The summed E-state index contributed by atoms with van der Waals surface area (Å²) in [7, 11) is -2.13. The number of anilines is 2. The number of nitrogens with zero attached hydrogens (tertiary/aromatic N) is 1. The van der Waals surface area contributed by atoms with Crippen LogP contribution >= 0.6 is 23.6 Å². The van der Waals surface area contributed by atoms with E-state index in [1.54, 1.807) is 59.9 Å². The molecule has 0 saturated carbocycles. The number of thiocarbonyl (C=S) groups is 1. The zero-order valence-electron chi connectivity index (χ0n) is 14.6. The lowest BCUT2D eigenvalue weighted by Gasteiger charge is -2.20. The molecule has 0 radical (unpaired) electrons. The summed E-state index contributed by atoms with van der Waals surface area (Å²) >= 11 is 6.94. The van der Waals surface area contributed by atoms with E-state index in [9.17, 15) is 8.42 Å². The second kappa shape index (κ2) is 8.51. The first kappa shape index (κ1) is 19.3. The summed E-state index contributed by atoms with van der Waals surface area (Å²) in [6, 6.07) is 19.6. The maximum Gasteiger partial charge on any atom is 0.264 e. The number of sulfonamides is 1. The Morgan fingerprint density at radius 3 is 2.56 bits per heavy atom. The van der Waals surface area contributed by atoms with Gasteiger partial charge in [-0.3, -0.25) is 4.31 Å². The van der Waals surface area contributed by atoms with Crippen LogP contribution in [0.5, 0.6) is 0 Å². The lowest BCUT2D eigenvalue weighted by Crippen LogP contribution is -2.28. The van der Waals surface area contributed by atoms with E-state index in [0.29, 0.717) is 23.0 Å². The van der Waals surface area contributed by atoms with Gasteiger partial charge in [-0.25, -0.2) is 8.42 Å². The van der Waals surface area contributed by atoms with Gasteiger partial charge >= 0.3 is 0 Å². The lowest BCUT2D eigenvalue weighted by atomic mass is 10.3. The fraction of sp³-hybridized carbons (Fsp3) is 0.105. The summed E-state index contributed by atoms with van der Waals surface area (Å²) in [4.78, 5) is 1.36. The SMILES string of the molecule is CN(c1ccccc1)S(=O)(=O)c1cccc(NC(=S)NCc2cccs2)c1. The highest BCUT2D eigenvalue weighted by Gasteiger charge is 2.21. The van der Waals surface area contributed by atoms with Crippen LogP contribution in [0.4, 0.5) is 11.4 Å². The summed E-state index contributed by atoms with van der Waals surface area (Å²) in [6.45, 7) is 0.623. The predicted molar refractivity (Wildman–Crippen MR) is 116 cm³/mol. The van der Waals surface area contributed by atoms with Crippen LogP contribution in [0, 0.1) is 0 Å². The summed E-state index contributed by atoms with van der Waals surface area (Å²) < 4.78 is 27.1. The molecule has 0 aliphatic heterocycles. The van der Waals surface area contributed by atoms with Crippen molar-refractivity contribution in [2.24, 2.45) is 0 Å². The Hall–Kier alpha value is -2.42. The first-order valence-electron chi connectivity index (χ1n) is 8.18. The molecule has 0 fully saturated rings. The van der Waals surface area contributed by atoms with Crippen LogP contribution in [0.25, 0.3) is 0 Å². The molecule has 3 rings (SSSR count). The molecule has 3 aromatic rings. The summed E-state index contributed by atoms with van der Waals surface area (Å²) in [6.07, 6.45) is 0. The molecular weight excluding hydrogens is 398 g/mol. The molecule has 1 heterocycles. The molecule has 5 nitrogen and oxygen atoms in total. The Kier molecular flexibility index (Phi) is 6.10. The minimum atomic E-state index is -3.67. The van der Waals surface area contributed by atoms with Gasteiger partial charge in [0.25, 0.3) is 10.0 Å². The second-order valence-electron chi connectivity index (χ2n) is 5.72. The largest absolute Gasteiger partial charge is 0.358 e. The van der Waals surface area contributed by atoms with Gasteiger partial charge in [-0.2, -0.15) is 0 Å². The van der Waals surface area contributed by atoms with E-state index in [1.165, 1.54) is 16.2 Å². The highest BCUT2D eigenvalue weighted by molar-refractivity contribution is 7.92. The number of benzene rings is 2. The molecule has 0 unspecified atom stereocenters. The van der Waals surface area contributed by atoms with E-state index < -0.39 is 10.0 Å². The van der Waals surface area contributed by atoms with Crippen molar-refractivity contribution in [3.05, 3.63) is 77.0 Å². The molecule has 0 amide bonds. The number of nitrogens with one attached hydrogen (secondary N) is 2. The summed E-state index contributed by atoms with van der Waals surface area (Å²) in [5.41, 5.74) is 1.21. The van der Waals surface area contributed by atoms with Crippen molar-refractivity contribution in [2.75, 3.05) is 16.7 Å². The van der Waals surface area contributed by atoms with Crippen molar-refractivity contribution in [3.63, 3.8) is 0 Å². The molecular formula is C19H19N3O2S3. The molecule has 140 valence electrons. The van der Waals surface area contributed by atoms with Gasteiger partial charge in [0.1, 0.15) is 0 Å². The fourth-order valence-electron chi connectivity index (χ4n) is 2.42. The van der Waals surface area contributed by atoms with E-state index in [1.807, 2.05) is 23.6 Å². The van der Waals surface area contributed by atoms with E-state index >= 15 is 0 Å². The molecule has 8 heteroatoms. The zero-order chi connectivity index (χ0) is 19.3. The second-order valence-corrected chi connectivity index (χ2v) is 9.13. The molecule has 0 bridgehead atoms. The Labute approximate surface area is 168 Å². The van der Waals surface area contributed by atoms with E-state index in [-0.39, 0.29) is 4.90 Å². The van der Waals surface area contributed by atoms with Crippen LogP contribution in [0.2, 0.25) is 0 Å². The van der Waals surface area contributed by atoms with Crippen LogP contribution in [0.1, 0.15) is 4.88 Å². The fourth-order valence-corrected chi connectivity index (χ4v) is 4.50. The molecule has 0 spiro atoms. The molecule has 0 saturated heterocycles. The maximum absolute atomic E-state index is 12.9. The van der Waals surface area contributed by atoms with E-state index in [2.05, 4.69) is 10.6 Å². The zero-order valence-corrected chi connectivity index (χ0v) is 17.1. The minimum absolute atomic E-state index is 0.194. The standard InChI is InChI=1S/C19H19N3O2S3/c1-22(16-8-3-2-4-9-16)27(23,24)18-11-5-7-15(13-18)21-19(25)20-14-17-10-6-12-26-17/h2-13H,14H2,1H3,(H2,20,21,25). The lowest BCUT2D eigenvalue weighted by molar-refractivity contribution is 0.594. The van der Waals surface area contributed by atoms with Gasteiger partial charge < -0.3 is 10.6 Å². The number of hydrogen-bond donors (Lipinski definition) is 2. The highest BCUT2D eigenvalue weighted by Crippen LogP contribution is 2.23. The summed E-state index contributed by atoms with van der Waals surface area (Å²) in [5.74, 6) is 0. The van der Waals surface area contributed by atoms with Gasteiger partial charge in [0.15, 0.2) is 5.11 Å². The third kappa shape index (κ3) is 4.85. The first-order valence-corrected chi connectivity index (χ1v) is 10.9. The van der Waals surface area contributed by atoms with Gasteiger partial charge in [-0.05, 0) is 54.0 Å². The van der Waals surface area contributed by atoms with Crippen LogP contribution in [-0.4, -0.2) is 20.6 Å². The van der Waals surface area contributed by atoms with Gasteiger partial charge in [0.2, 0.25) is 0 Å². The maximum atomic E-state index is 12.9. The number of hydrogen-bond acceptors (Lipinski definition) is 4. The molecule has 2 aromatic carbocycles. The molecule has 0 aliphatic carbocycles. The van der Waals surface area contributed by atoms with Crippen molar-refractivity contribution in [3.8, 4) is 0 Å². The Balaban J connectivity index is 1.71. The first-order chi connectivity index (χ1) is 13.0. The molecule has 0 aliphatic rings. The van der Waals surface area contributed by atoms with E-state index in [4.69, 9.17) is 12.2 Å². The van der Waals surface area contributed by atoms with Crippen molar-refractivity contribution < 1.29 is 8.42 Å². The number of para-hydroxylation sites is 1. The quantitative estimate of drug-likeness (QED) is 0.592. The Morgan fingerprint density at radius 1 is 1.07 bits per heavy atom. The molecule has 27 heavy (non-hydrogen) atoms. The van der Waals surface area contributed by atoms with Crippen LogP contribution < -0.4 is 14.9 Å². The third-order valence-electron chi connectivity index (χ3n) is 3.87. The summed E-state index contributed by atoms with van der Waals surface area (Å²) in [5, 5.41) is 8.59. The van der Waals surface area contributed by atoms with Crippen molar-refractivity contribution in [2.45, 2.75) is 11.4 Å².